The molecule has 3 aromatic carbocycles. The number of likely N-dealkylation sites (N-methyl/N-ethyl adjacent to an activating group) is 1. The van der Waals surface area contributed by atoms with Gasteiger partial charge in [-0.05, 0) is 23.8 Å². The molecular formula is C25H17NO4. The third kappa shape index (κ3) is 1.96. The van der Waals surface area contributed by atoms with Crippen LogP contribution in [0.15, 0.2) is 88.1 Å². The largest absolute Gasteiger partial charge is 0.442 e. The Balaban J connectivity index is 1.74. The second-order valence-electron chi connectivity index (χ2n) is 7.69. The number of fused-ring (bicyclic) bond motifs is 4. The molecule has 30 heavy (non-hydrogen) atoms. The summed E-state index contributed by atoms with van der Waals surface area (Å²) in [6, 6.07) is 24.2. The molecule has 3 heterocycles. The van der Waals surface area contributed by atoms with Crippen molar-refractivity contribution in [1.82, 2.24) is 0 Å². The van der Waals surface area contributed by atoms with Gasteiger partial charge in [-0.3, -0.25) is 9.59 Å². The molecule has 0 fully saturated rings. The van der Waals surface area contributed by atoms with Crippen LogP contribution in [0.25, 0.3) is 11.0 Å². The number of carbonyl (C=O) groups excluding carboxylic acids is 1. The molecule has 0 saturated carbocycles. The van der Waals surface area contributed by atoms with E-state index in [4.69, 9.17) is 9.15 Å². The summed E-state index contributed by atoms with van der Waals surface area (Å²) in [7, 11) is 1.73. The Morgan fingerprint density at radius 2 is 1.57 bits per heavy atom. The van der Waals surface area contributed by atoms with Crippen molar-refractivity contribution < 1.29 is 13.9 Å². The maximum absolute atomic E-state index is 13.7. The molecule has 0 unspecified atom stereocenters. The zero-order chi connectivity index (χ0) is 20.5. The zero-order valence-electron chi connectivity index (χ0n) is 16.2. The van der Waals surface area contributed by atoms with E-state index in [0.717, 1.165) is 16.8 Å². The van der Waals surface area contributed by atoms with Crippen LogP contribution in [-0.4, -0.2) is 13.0 Å². The van der Waals surface area contributed by atoms with Crippen LogP contribution in [0.4, 0.5) is 5.69 Å². The van der Waals surface area contributed by atoms with Gasteiger partial charge in [-0.1, -0.05) is 60.7 Å². The summed E-state index contributed by atoms with van der Waals surface area (Å²) in [6.07, 6.45) is 0. The van der Waals surface area contributed by atoms with Gasteiger partial charge in [-0.25, -0.2) is 0 Å². The van der Waals surface area contributed by atoms with Crippen LogP contribution in [0.2, 0.25) is 0 Å². The number of rotatable bonds is 1. The Morgan fingerprint density at radius 3 is 2.40 bits per heavy atom. The first kappa shape index (κ1) is 17.0. The molecule has 5 nitrogen and oxygen atoms in total. The number of benzene rings is 3. The first-order valence-corrected chi connectivity index (χ1v) is 9.80. The number of hydrogen-bond acceptors (Lipinski definition) is 4. The van der Waals surface area contributed by atoms with Crippen LogP contribution in [0.1, 0.15) is 22.6 Å². The number of anilines is 1. The third-order valence-electron chi connectivity index (χ3n) is 6.17. The summed E-state index contributed by atoms with van der Waals surface area (Å²) in [6.45, 7) is 0. The number of nitrogens with zero attached hydrogens (tertiary/aromatic N) is 1. The molecule has 1 spiro atoms. The lowest BCUT2D eigenvalue weighted by molar-refractivity contribution is -0.133. The molecule has 1 aromatic heterocycles. The predicted molar refractivity (Wildman–Crippen MR) is 113 cm³/mol. The Hall–Kier alpha value is -3.86. The normalized spacial score (nSPS) is 21.7. The third-order valence-corrected chi connectivity index (χ3v) is 6.17. The van der Waals surface area contributed by atoms with Crippen LogP contribution in [0, 0.1) is 0 Å². The fourth-order valence-corrected chi connectivity index (χ4v) is 4.85. The van der Waals surface area contributed by atoms with Crippen LogP contribution >= 0.6 is 0 Å². The van der Waals surface area contributed by atoms with Gasteiger partial charge in [0.1, 0.15) is 5.58 Å². The van der Waals surface area contributed by atoms with E-state index in [9.17, 15) is 9.59 Å². The first-order chi connectivity index (χ1) is 14.6. The minimum Gasteiger partial charge on any atom is -0.442 e. The predicted octanol–water partition coefficient (Wildman–Crippen LogP) is 4.19. The molecule has 0 N–H and O–H groups in total. The number of para-hydroxylation sites is 2. The van der Waals surface area contributed by atoms with E-state index in [1.165, 1.54) is 0 Å². The summed E-state index contributed by atoms with van der Waals surface area (Å²) in [4.78, 5) is 28.9. The van der Waals surface area contributed by atoms with Gasteiger partial charge in [0.05, 0.1) is 22.6 Å². The summed E-state index contributed by atoms with van der Waals surface area (Å²) < 4.78 is 12.4. The van der Waals surface area contributed by atoms with E-state index >= 15 is 0 Å². The number of ether oxygens (including phenoxy) is 1. The van der Waals surface area contributed by atoms with Gasteiger partial charge in [0.15, 0.2) is 0 Å². The van der Waals surface area contributed by atoms with Gasteiger partial charge >= 0.3 is 0 Å². The van der Waals surface area contributed by atoms with Crippen LogP contribution in [0.5, 0.6) is 5.95 Å². The fraction of sp³-hybridized carbons (Fsp3) is 0.120. The van der Waals surface area contributed by atoms with Gasteiger partial charge < -0.3 is 14.1 Å². The Bertz CT molecular complexity index is 1390. The minimum atomic E-state index is -1.38. The van der Waals surface area contributed by atoms with Crippen LogP contribution in [-0.2, 0) is 10.4 Å². The summed E-state index contributed by atoms with van der Waals surface area (Å²) in [5.41, 5.74) is 1.62. The Labute approximate surface area is 172 Å². The van der Waals surface area contributed by atoms with E-state index in [1.54, 1.807) is 36.2 Å². The molecule has 6 rings (SSSR count). The van der Waals surface area contributed by atoms with E-state index in [2.05, 4.69) is 0 Å². The van der Waals surface area contributed by atoms with Crippen molar-refractivity contribution in [3.8, 4) is 5.95 Å². The molecule has 0 saturated heterocycles. The number of amides is 1. The number of hydrogen-bond donors (Lipinski definition) is 0. The van der Waals surface area contributed by atoms with E-state index in [0.29, 0.717) is 16.5 Å². The van der Waals surface area contributed by atoms with Crippen molar-refractivity contribution >= 4 is 22.6 Å². The van der Waals surface area contributed by atoms with E-state index < -0.39 is 11.5 Å². The topological polar surface area (TPSA) is 59.8 Å². The highest BCUT2D eigenvalue weighted by Crippen LogP contribution is 2.58. The van der Waals surface area contributed by atoms with Gasteiger partial charge in [0.2, 0.25) is 11.0 Å². The average Bonchev–Trinajstić information content (AvgIpc) is 3.24. The standard InChI is InChI=1S/C25H17NO4/c1-26-18-13-7-6-12-17(18)25(24(26)28)21(15-9-3-2-4-10-15)20-22(27)16-11-5-8-14-19(16)29-23(20)30-25/h2-14,21H,1H3/t21-,25-/m0/s1. The summed E-state index contributed by atoms with van der Waals surface area (Å²) in [5, 5.41) is 0.477. The highest BCUT2D eigenvalue weighted by molar-refractivity contribution is 6.08. The molecule has 2 atom stereocenters. The van der Waals surface area contributed by atoms with Crippen molar-refractivity contribution in [2.75, 3.05) is 11.9 Å². The first-order valence-electron chi connectivity index (χ1n) is 9.80. The number of carbonyl (C=O) groups is 1. The monoisotopic (exact) mass is 395 g/mol. The highest BCUT2D eigenvalue weighted by Gasteiger charge is 2.63. The fourth-order valence-electron chi connectivity index (χ4n) is 4.85. The van der Waals surface area contributed by atoms with Gasteiger partial charge in [0.25, 0.3) is 11.9 Å². The lowest BCUT2D eigenvalue weighted by Gasteiger charge is -2.29. The SMILES string of the molecule is CN1C(=O)[C@]2(Oc3oc4ccccc4c(=O)c3[C@@H]2c2ccccc2)c2ccccc21. The molecule has 0 bridgehead atoms. The summed E-state index contributed by atoms with van der Waals surface area (Å²) >= 11 is 0. The molecule has 146 valence electrons. The molecular weight excluding hydrogens is 378 g/mol. The Kier molecular flexibility index (Phi) is 3.31. The molecule has 2 aliphatic rings. The molecule has 0 aliphatic carbocycles. The molecule has 2 aliphatic heterocycles. The quantitative estimate of drug-likeness (QED) is 0.485. The van der Waals surface area contributed by atoms with Gasteiger partial charge in [0, 0.05) is 12.6 Å². The van der Waals surface area contributed by atoms with E-state index in [1.807, 2.05) is 54.6 Å². The van der Waals surface area contributed by atoms with Crippen LogP contribution < -0.4 is 15.1 Å². The van der Waals surface area contributed by atoms with Gasteiger partial charge in [-0.2, -0.15) is 0 Å². The maximum Gasteiger partial charge on any atom is 0.294 e. The van der Waals surface area contributed by atoms with E-state index in [-0.39, 0.29) is 17.3 Å². The summed E-state index contributed by atoms with van der Waals surface area (Å²) in [5.74, 6) is -0.716. The highest BCUT2D eigenvalue weighted by atomic mass is 16.6. The lowest BCUT2D eigenvalue weighted by atomic mass is 9.76. The second kappa shape index (κ2) is 5.83. The average molecular weight is 395 g/mol. The maximum atomic E-state index is 13.7. The van der Waals surface area contributed by atoms with Crippen molar-refractivity contribution in [1.29, 1.82) is 0 Å². The smallest absolute Gasteiger partial charge is 0.294 e. The lowest BCUT2D eigenvalue weighted by Crippen LogP contribution is -2.45. The molecule has 5 heteroatoms. The van der Waals surface area contributed by atoms with Crippen molar-refractivity contribution in [2.24, 2.45) is 0 Å². The zero-order valence-corrected chi connectivity index (χ0v) is 16.2. The minimum absolute atomic E-state index is 0.117. The van der Waals surface area contributed by atoms with Gasteiger partial charge in [-0.15, -0.1) is 0 Å². The van der Waals surface area contributed by atoms with Crippen molar-refractivity contribution in [3.05, 3.63) is 106 Å². The Morgan fingerprint density at radius 1 is 0.867 bits per heavy atom. The van der Waals surface area contributed by atoms with Crippen molar-refractivity contribution in [3.63, 3.8) is 0 Å². The molecule has 4 aromatic rings. The van der Waals surface area contributed by atoms with Crippen LogP contribution in [0.3, 0.4) is 0 Å². The van der Waals surface area contributed by atoms with Crippen molar-refractivity contribution in [2.45, 2.75) is 11.5 Å². The second-order valence-corrected chi connectivity index (χ2v) is 7.69. The molecule has 1 amide bonds. The molecule has 0 radical (unpaired) electrons.